The number of carbonyl (C=O) groups is 1. The Morgan fingerprint density at radius 1 is 1.38 bits per heavy atom. The number of primary amides is 1. The highest BCUT2D eigenvalue weighted by molar-refractivity contribution is 5.90. The molecule has 1 saturated heterocycles. The van der Waals surface area contributed by atoms with Crippen LogP contribution in [0.5, 0.6) is 0 Å². The maximum absolute atomic E-state index is 11.1. The number of ether oxygens (including phenoxy) is 2. The first-order valence-electron chi connectivity index (χ1n) is 5.05. The SMILES string of the molecule is CN(C(N)=O)c1ccccc1C1OCCO1. The van der Waals surface area contributed by atoms with E-state index in [1.54, 1.807) is 7.05 Å². The van der Waals surface area contributed by atoms with E-state index in [-0.39, 0.29) is 0 Å². The van der Waals surface area contributed by atoms with Crippen molar-refractivity contribution >= 4 is 11.7 Å². The zero-order valence-electron chi connectivity index (χ0n) is 9.05. The molecule has 1 heterocycles. The van der Waals surface area contributed by atoms with E-state index in [9.17, 15) is 4.79 Å². The summed E-state index contributed by atoms with van der Waals surface area (Å²) in [5, 5.41) is 0. The molecule has 0 radical (unpaired) electrons. The first-order valence-corrected chi connectivity index (χ1v) is 5.05. The third-order valence-corrected chi connectivity index (χ3v) is 2.50. The van der Waals surface area contributed by atoms with Crippen LogP contribution in [0.2, 0.25) is 0 Å². The van der Waals surface area contributed by atoms with Crippen LogP contribution in [0.25, 0.3) is 0 Å². The Kier molecular flexibility index (Phi) is 3.07. The van der Waals surface area contributed by atoms with Gasteiger partial charge in [0.1, 0.15) is 0 Å². The number of amides is 2. The Bertz CT molecular complexity index is 389. The maximum atomic E-state index is 11.1. The molecular weight excluding hydrogens is 208 g/mol. The highest BCUT2D eigenvalue weighted by Gasteiger charge is 2.23. The van der Waals surface area contributed by atoms with Gasteiger partial charge in [-0.25, -0.2) is 4.79 Å². The van der Waals surface area contributed by atoms with Crippen molar-refractivity contribution in [3.05, 3.63) is 29.8 Å². The quantitative estimate of drug-likeness (QED) is 0.818. The molecule has 1 aromatic rings. The van der Waals surface area contributed by atoms with E-state index in [1.165, 1.54) is 4.90 Å². The molecule has 0 aromatic heterocycles. The van der Waals surface area contributed by atoms with Crippen LogP contribution in [0.4, 0.5) is 10.5 Å². The van der Waals surface area contributed by atoms with E-state index in [2.05, 4.69) is 0 Å². The van der Waals surface area contributed by atoms with Gasteiger partial charge in [-0.05, 0) is 6.07 Å². The average molecular weight is 222 g/mol. The zero-order chi connectivity index (χ0) is 11.5. The van der Waals surface area contributed by atoms with Gasteiger partial charge in [0.2, 0.25) is 0 Å². The molecule has 2 amide bonds. The van der Waals surface area contributed by atoms with Gasteiger partial charge in [-0.1, -0.05) is 18.2 Å². The standard InChI is InChI=1S/C11H14N2O3/c1-13(11(12)14)9-5-3-2-4-8(9)10-15-6-7-16-10/h2-5,10H,6-7H2,1H3,(H2,12,14). The van der Waals surface area contributed by atoms with Crippen LogP contribution >= 0.6 is 0 Å². The highest BCUT2D eigenvalue weighted by Crippen LogP contribution is 2.31. The van der Waals surface area contributed by atoms with Crippen LogP contribution in [0.3, 0.4) is 0 Å². The second kappa shape index (κ2) is 4.51. The van der Waals surface area contributed by atoms with Crippen LogP contribution in [-0.2, 0) is 9.47 Å². The number of anilines is 1. The Hall–Kier alpha value is -1.59. The number of nitrogens with two attached hydrogens (primary N) is 1. The summed E-state index contributed by atoms with van der Waals surface area (Å²) in [6.07, 6.45) is -0.405. The fourth-order valence-electron chi connectivity index (χ4n) is 1.65. The molecule has 0 atom stereocenters. The number of benzene rings is 1. The second-order valence-electron chi connectivity index (χ2n) is 3.53. The van der Waals surface area contributed by atoms with Crippen LogP contribution in [0, 0.1) is 0 Å². The average Bonchev–Trinajstić information content (AvgIpc) is 2.81. The first kappa shape index (κ1) is 10.9. The number of para-hydroxylation sites is 1. The topological polar surface area (TPSA) is 64.8 Å². The molecule has 0 unspecified atom stereocenters. The van der Waals surface area contributed by atoms with E-state index in [0.29, 0.717) is 18.9 Å². The lowest BCUT2D eigenvalue weighted by Gasteiger charge is -2.20. The van der Waals surface area contributed by atoms with Gasteiger partial charge < -0.3 is 15.2 Å². The minimum atomic E-state index is -0.509. The molecule has 0 aliphatic carbocycles. The molecule has 86 valence electrons. The minimum Gasteiger partial charge on any atom is -0.351 e. The lowest BCUT2D eigenvalue weighted by atomic mass is 10.1. The molecule has 5 heteroatoms. The summed E-state index contributed by atoms with van der Waals surface area (Å²) in [6.45, 7) is 1.14. The van der Waals surface area contributed by atoms with Gasteiger partial charge in [0.05, 0.1) is 18.9 Å². The molecule has 1 aromatic carbocycles. The van der Waals surface area contributed by atoms with Crippen LogP contribution in [0.1, 0.15) is 11.9 Å². The second-order valence-corrected chi connectivity index (χ2v) is 3.53. The Labute approximate surface area is 93.7 Å². The molecule has 0 saturated carbocycles. The fourth-order valence-corrected chi connectivity index (χ4v) is 1.65. The normalized spacial score (nSPS) is 16.3. The molecule has 1 fully saturated rings. The van der Waals surface area contributed by atoms with E-state index in [1.807, 2.05) is 24.3 Å². The molecule has 1 aliphatic rings. The molecule has 2 N–H and O–H groups in total. The molecule has 5 nitrogen and oxygen atoms in total. The molecule has 16 heavy (non-hydrogen) atoms. The number of carbonyl (C=O) groups excluding carboxylic acids is 1. The summed E-state index contributed by atoms with van der Waals surface area (Å²) < 4.78 is 10.8. The van der Waals surface area contributed by atoms with Crippen molar-refractivity contribution in [3.8, 4) is 0 Å². The van der Waals surface area contributed by atoms with Crippen LogP contribution in [-0.4, -0.2) is 26.3 Å². The van der Waals surface area contributed by atoms with E-state index in [0.717, 1.165) is 5.56 Å². The predicted molar refractivity (Wildman–Crippen MR) is 59.1 cm³/mol. The van der Waals surface area contributed by atoms with Gasteiger partial charge in [-0.15, -0.1) is 0 Å². The van der Waals surface area contributed by atoms with Crippen molar-refractivity contribution in [2.75, 3.05) is 25.2 Å². The lowest BCUT2D eigenvalue weighted by Crippen LogP contribution is -2.32. The maximum Gasteiger partial charge on any atom is 0.319 e. The summed E-state index contributed by atoms with van der Waals surface area (Å²) in [5.41, 5.74) is 6.77. The van der Waals surface area contributed by atoms with Gasteiger partial charge >= 0.3 is 6.03 Å². The summed E-state index contributed by atoms with van der Waals surface area (Å²) >= 11 is 0. The van der Waals surface area contributed by atoms with Crippen molar-refractivity contribution in [2.45, 2.75) is 6.29 Å². The van der Waals surface area contributed by atoms with Crippen molar-refractivity contribution < 1.29 is 14.3 Å². The first-order chi connectivity index (χ1) is 7.70. The van der Waals surface area contributed by atoms with Crippen molar-refractivity contribution in [3.63, 3.8) is 0 Å². The van der Waals surface area contributed by atoms with Gasteiger partial charge in [0, 0.05) is 12.6 Å². The zero-order valence-corrected chi connectivity index (χ0v) is 9.05. The van der Waals surface area contributed by atoms with Gasteiger partial charge in [0.15, 0.2) is 6.29 Å². The summed E-state index contributed by atoms with van der Waals surface area (Å²) in [4.78, 5) is 12.5. The highest BCUT2D eigenvalue weighted by atomic mass is 16.7. The molecule has 2 rings (SSSR count). The number of rotatable bonds is 2. The summed E-state index contributed by atoms with van der Waals surface area (Å²) in [7, 11) is 1.62. The molecular formula is C11H14N2O3. The van der Waals surface area contributed by atoms with Crippen molar-refractivity contribution in [1.82, 2.24) is 0 Å². The lowest BCUT2D eigenvalue weighted by molar-refractivity contribution is -0.0436. The van der Waals surface area contributed by atoms with E-state index < -0.39 is 12.3 Å². The van der Waals surface area contributed by atoms with E-state index >= 15 is 0 Å². The van der Waals surface area contributed by atoms with Gasteiger partial charge in [0.25, 0.3) is 0 Å². The molecule has 1 aliphatic heterocycles. The third-order valence-electron chi connectivity index (χ3n) is 2.50. The van der Waals surface area contributed by atoms with Crippen molar-refractivity contribution in [1.29, 1.82) is 0 Å². The predicted octanol–water partition coefficient (Wildman–Crippen LogP) is 1.25. The molecule has 0 spiro atoms. The summed E-state index contributed by atoms with van der Waals surface area (Å²) in [6, 6.07) is 6.88. The smallest absolute Gasteiger partial charge is 0.319 e. The fraction of sp³-hybridized carbons (Fsp3) is 0.364. The largest absolute Gasteiger partial charge is 0.351 e. The van der Waals surface area contributed by atoms with Crippen LogP contribution in [0.15, 0.2) is 24.3 Å². The van der Waals surface area contributed by atoms with Crippen LogP contribution < -0.4 is 10.6 Å². The molecule has 0 bridgehead atoms. The van der Waals surface area contributed by atoms with Gasteiger partial charge in [-0.2, -0.15) is 0 Å². The van der Waals surface area contributed by atoms with Crippen molar-refractivity contribution in [2.24, 2.45) is 5.73 Å². The summed E-state index contributed by atoms with van der Waals surface area (Å²) in [5.74, 6) is 0. The monoisotopic (exact) mass is 222 g/mol. The number of urea groups is 1. The van der Waals surface area contributed by atoms with E-state index in [4.69, 9.17) is 15.2 Å². The Balaban J connectivity index is 2.33. The number of hydrogen-bond donors (Lipinski definition) is 1. The Morgan fingerprint density at radius 2 is 2.00 bits per heavy atom. The Morgan fingerprint density at radius 3 is 2.62 bits per heavy atom. The minimum absolute atomic E-state index is 0.405. The van der Waals surface area contributed by atoms with Gasteiger partial charge in [-0.3, -0.25) is 4.90 Å². The third kappa shape index (κ3) is 2.00. The number of hydrogen-bond acceptors (Lipinski definition) is 3. The number of nitrogens with zero attached hydrogens (tertiary/aromatic N) is 1.